The number of carboxylic acid groups (broad SMARTS) is 1. The summed E-state index contributed by atoms with van der Waals surface area (Å²) in [5, 5.41) is 12.5. The zero-order valence-corrected chi connectivity index (χ0v) is 11.0. The van der Waals surface area contributed by atoms with Gasteiger partial charge in [-0.05, 0) is 40.2 Å². The van der Waals surface area contributed by atoms with Crippen LogP contribution in [0.5, 0.6) is 0 Å². The molecule has 3 nitrogen and oxygen atoms in total. The van der Waals surface area contributed by atoms with E-state index >= 15 is 0 Å². The Bertz CT molecular complexity index is 405. The van der Waals surface area contributed by atoms with Gasteiger partial charge in [0.2, 0.25) is 0 Å². The number of anilines is 1. The molecule has 0 bridgehead atoms. The molecule has 1 aliphatic heterocycles. The zero-order chi connectivity index (χ0) is 11.6. The molecule has 5 heteroatoms. The molecule has 0 saturated carbocycles. The predicted octanol–water partition coefficient (Wildman–Crippen LogP) is 2.82. The number of benzene rings is 1. The number of carboxylic acids is 1. The van der Waals surface area contributed by atoms with Crippen molar-refractivity contribution in [1.82, 2.24) is 0 Å². The molecule has 1 fully saturated rings. The lowest BCUT2D eigenvalue weighted by Crippen LogP contribution is -2.46. The minimum absolute atomic E-state index is 0.615. The van der Waals surface area contributed by atoms with Gasteiger partial charge in [0.25, 0.3) is 0 Å². The lowest BCUT2D eigenvalue weighted by atomic mass is 9.99. The molecule has 0 radical (unpaired) electrons. The van der Waals surface area contributed by atoms with Gasteiger partial charge in [-0.1, -0.05) is 12.1 Å². The van der Waals surface area contributed by atoms with Gasteiger partial charge >= 0.3 is 5.97 Å². The van der Waals surface area contributed by atoms with Gasteiger partial charge in [-0.3, -0.25) is 0 Å². The Balaban J connectivity index is 2.25. The molecule has 0 amide bonds. The van der Waals surface area contributed by atoms with Crippen LogP contribution >= 0.6 is 27.7 Å². The summed E-state index contributed by atoms with van der Waals surface area (Å²) in [5.41, 5.74) is 0.0292. The summed E-state index contributed by atoms with van der Waals surface area (Å²) >= 11 is 5.09. The van der Waals surface area contributed by atoms with Gasteiger partial charge in [-0.2, -0.15) is 11.8 Å². The van der Waals surface area contributed by atoms with Crippen molar-refractivity contribution >= 4 is 39.3 Å². The van der Waals surface area contributed by atoms with Gasteiger partial charge in [-0.15, -0.1) is 0 Å². The smallest absolute Gasteiger partial charge is 0.330 e. The van der Waals surface area contributed by atoms with Gasteiger partial charge in [0.15, 0.2) is 0 Å². The fraction of sp³-hybridized carbons (Fsp3) is 0.364. The fourth-order valence-electron chi connectivity index (χ4n) is 1.71. The van der Waals surface area contributed by atoms with Gasteiger partial charge in [-0.25, -0.2) is 4.79 Å². The average Bonchev–Trinajstić information content (AvgIpc) is 2.71. The second-order valence-electron chi connectivity index (χ2n) is 3.79. The first-order valence-corrected chi connectivity index (χ1v) is 6.93. The molecule has 86 valence electrons. The molecule has 16 heavy (non-hydrogen) atoms. The van der Waals surface area contributed by atoms with E-state index in [0.29, 0.717) is 12.2 Å². The molecule has 1 atom stereocenters. The zero-order valence-electron chi connectivity index (χ0n) is 8.57. The van der Waals surface area contributed by atoms with Crippen LogP contribution in [0.3, 0.4) is 0 Å². The summed E-state index contributed by atoms with van der Waals surface area (Å²) in [6.45, 7) is 0. The second-order valence-corrected chi connectivity index (χ2v) is 5.75. The minimum Gasteiger partial charge on any atom is -0.479 e. The Morgan fingerprint density at radius 2 is 2.25 bits per heavy atom. The number of carbonyl (C=O) groups is 1. The molecule has 2 N–H and O–H groups in total. The first-order chi connectivity index (χ1) is 7.64. The maximum atomic E-state index is 11.3. The molecule has 1 heterocycles. The maximum absolute atomic E-state index is 11.3. The standard InChI is InChI=1S/C11H12BrNO2S/c12-8-3-1-2-4-9(8)13-11(10(14)15)5-6-16-7-11/h1-4,13H,5-7H2,(H,14,15). The molecule has 1 saturated heterocycles. The van der Waals surface area contributed by atoms with Crippen molar-refractivity contribution in [2.24, 2.45) is 0 Å². The van der Waals surface area contributed by atoms with Gasteiger partial charge < -0.3 is 10.4 Å². The number of nitrogens with one attached hydrogen (secondary N) is 1. The van der Waals surface area contributed by atoms with Crippen molar-refractivity contribution in [1.29, 1.82) is 0 Å². The highest BCUT2D eigenvalue weighted by Crippen LogP contribution is 2.34. The van der Waals surface area contributed by atoms with Crippen molar-refractivity contribution in [3.8, 4) is 0 Å². The highest BCUT2D eigenvalue weighted by molar-refractivity contribution is 9.10. The number of para-hydroxylation sites is 1. The SMILES string of the molecule is O=C(O)C1(Nc2ccccc2Br)CCSC1. The lowest BCUT2D eigenvalue weighted by Gasteiger charge is -2.26. The normalized spacial score (nSPS) is 24.3. The Morgan fingerprint density at radius 3 is 2.81 bits per heavy atom. The van der Waals surface area contributed by atoms with E-state index < -0.39 is 11.5 Å². The van der Waals surface area contributed by atoms with Crippen LogP contribution in [0.15, 0.2) is 28.7 Å². The van der Waals surface area contributed by atoms with Crippen molar-refractivity contribution < 1.29 is 9.90 Å². The quantitative estimate of drug-likeness (QED) is 0.901. The Labute approximate surface area is 107 Å². The first-order valence-electron chi connectivity index (χ1n) is 4.98. The van der Waals surface area contributed by atoms with Crippen molar-refractivity contribution in [3.05, 3.63) is 28.7 Å². The van der Waals surface area contributed by atoms with Crippen molar-refractivity contribution in [3.63, 3.8) is 0 Å². The molecule has 0 spiro atoms. The summed E-state index contributed by atoms with van der Waals surface area (Å²) < 4.78 is 0.896. The molecule has 2 rings (SSSR count). The van der Waals surface area contributed by atoms with E-state index in [1.165, 1.54) is 0 Å². The third-order valence-corrected chi connectivity index (χ3v) is 4.56. The molecular weight excluding hydrogens is 290 g/mol. The fourth-order valence-corrected chi connectivity index (χ4v) is 3.42. The monoisotopic (exact) mass is 301 g/mol. The third kappa shape index (κ3) is 2.20. The van der Waals surface area contributed by atoms with Crippen LogP contribution in [0.1, 0.15) is 6.42 Å². The molecule has 1 aliphatic rings. The number of hydrogen-bond acceptors (Lipinski definition) is 3. The highest BCUT2D eigenvalue weighted by atomic mass is 79.9. The van der Waals surface area contributed by atoms with Gasteiger partial charge in [0, 0.05) is 15.9 Å². The molecule has 1 aromatic carbocycles. The molecule has 1 unspecified atom stereocenters. The van der Waals surface area contributed by atoms with E-state index in [2.05, 4.69) is 21.2 Å². The molecule has 0 aliphatic carbocycles. The minimum atomic E-state index is -0.811. The van der Waals surface area contributed by atoms with E-state index in [4.69, 9.17) is 0 Å². The molecule has 0 aromatic heterocycles. The van der Waals surface area contributed by atoms with Crippen molar-refractivity contribution in [2.45, 2.75) is 12.0 Å². The summed E-state index contributed by atoms with van der Waals surface area (Å²) in [7, 11) is 0. The highest BCUT2D eigenvalue weighted by Gasteiger charge is 2.42. The number of aliphatic carboxylic acids is 1. The number of hydrogen-bond donors (Lipinski definition) is 2. The van der Waals surface area contributed by atoms with E-state index in [-0.39, 0.29) is 0 Å². The van der Waals surface area contributed by atoms with Crippen LogP contribution in [0.25, 0.3) is 0 Å². The van der Waals surface area contributed by atoms with E-state index in [1.54, 1.807) is 11.8 Å². The first kappa shape index (κ1) is 11.8. The summed E-state index contributed by atoms with van der Waals surface area (Å²) in [6.07, 6.45) is 0.661. The van der Waals surface area contributed by atoms with E-state index in [0.717, 1.165) is 15.9 Å². The van der Waals surface area contributed by atoms with Gasteiger partial charge in [0.1, 0.15) is 5.54 Å². The average molecular weight is 302 g/mol. The summed E-state index contributed by atoms with van der Waals surface area (Å²) in [6, 6.07) is 7.59. The topological polar surface area (TPSA) is 49.3 Å². The number of rotatable bonds is 3. The molecule has 1 aromatic rings. The van der Waals surface area contributed by atoms with Crippen LogP contribution in [-0.2, 0) is 4.79 Å². The van der Waals surface area contributed by atoms with Crippen LogP contribution < -0.4 is 5.32 Å². The Kier molecular flexibility index (Phi) is 3.44. The van der Waals surface area contributed by atoms with Crippen LogP contribution in [0, 0.1) is 0 Å². The third-order valence-electron chi connectivity index (χ3n) is 2.68. The predicted molar refractivity (Wildman–Crippen MR) is 70.1 cm³/mol. The van der Waals surface area contributed by atoms with Crippen LogP contribution in [0.2, 0.25) is 0 Å². The Morgan fingerprint density at radius 1 is 1.50 bits per heavy atom. The lowest BCUT2D eigenvalue weighted by molar-refractivity contribution is -0.141. The number of halogens is 1. The van der Waals surface area contributed by atoms with Crippen LogP contribution in [-0.4, -0.2) is 28.1 Å². The maximum Gasteiger partial charge on any atom is 0.330 e. The Hall–Kier alpha value is -0.680. The summed E-state index contributed by atoms with van der Waals surface area (Å²) in [5.74, 6) is 0.737. The van der Waals surface area contributed by atoms with Crippen LogP contribution in [0.4, 0.5) is 5.69 Å². The summed E-state index contributed by atoms with van der Waals surface area (Å²) in [4.78, 5) is 11.3. The van der Waals surface area contributed by atoms with Crippen molar-refractivity contribution in [2.75, 3.05) is 16.8 Å². The van der Waals surface area contributed by atoms with E-state index in [1.807, 2.05) is 24.3 Å². The largest absolute Gasteiger partial charge is 0.479 e. The van der Waals surface area contributed by atoms with Gasteiger partial charge in [0.05, 0.1) is 0 Å². The molecular formula is C11H12BrNO2S. The second kappa shape index (κ2) is 4.67. The number of thioether (sulfide) groups is 1. The van der Waals surface area contributed by atoms with E-state index in [9.17, 15) is 9.90 Å².